The molecule has 0 fully saturated rings. The summed E-state index contributed by atoms with van der Waals surface area (Å²) in [6.07, 6.45) is 2.01. The Morgan fingerprint density at radius 3 is 2.06 bits per heavy atom. The van der Waals surface area contributed by atoms with Crippen molar-refractivity contribution in [3.8, 4) is 11.1 Å². The molecule has 34 heavy (non-hydrogen) atoms. The molecule has 6 heteroatoms. The number of thioether (sulfide) groups is 1. The van der Waals surface area contributed by atoms with Gasteiger partial charge in [0.1, 0.15) is 6.61 Å². The fourth-order valence-corrected chi connectivity index (χ4v) is 4.93. The van der Waals surface area contributed by atoms with Gasteiger partial charge in [-0.25, -0.2) is 0 Å². The van der Waals surface area contributed by atoms with Gasteiger partial charge in [0.05, 0.1) is 12.5 Å². The number of ketones is 1. The van der Waals surface area contributed by atoms with Crippen molar-refractivity contribution in [2.45, 2.75) is 25.3 Å². The molecule has 1 N–H and O–H groups in total. The number of carbonyl (C=O) groups excluding carboxylic acids is 3. The van der Waals surface area contributed by atoms with E-state index in [1.807, 2.05) is 30.5 Å². The molecule has 1 unspecified atom stereocenters. The standard InChI is InChI=1S/C28H27NO4S/c1-18(30)26(17-34-2)29-28(32)20-13-11-19(12-14-20)15-27(31)33-16-25-23-9-5-3-7-21(23)22-8-4-6-10-24(22)25/h3-14,25-26H,15-17H2,1-2H3,(H,29,32). The Morgan fingerprint density at radius 2 is 1.50 bits per heavy atom. The number of fused-ring (bicyclic) bond motifs is 3. The third-order valence-electron chi connectivity index (χ3n) is 6.07. The van der Waals surface area contributed by atoms with E-state index in [1.165, 1.54) is 40.9 Å². The number of hydrogen-bond donors (Lipinski definition) is 1. The van der Waals surface area contributed by atoms with Gasteiger partial charge in [0.15, 0.2) is 5.78 Å². The first kappa shape index (κ1) is 23.8. The number of ether oxygens (including phenoxy) is 1. The highest BCUT2D eigenvalue weighted by atomic mass is 32.2. The van der Waals surface area contributed by atoms with E-state index in [0.717, 1.165) is 5.56 Å². The van der Waals surface area contributed by atoms with E-state index in [9.17, 15) is 14.4 Å². The molecule has 0 radical (unpaired) electrons. The van der Waals surface area contributed by atoms with Crippen molar-refractivity contribution in [2.24, 2.45) is 0 Å². The Hall–Kier alpha value is -3.38. The molecule has 0 heterocycles. The third-order valence-corrected chi connectivity index (χ3v) is 6.73. The summed E-state index contributed by atoms with van der Waals surface area (Å²) in [6, 6.07) is 22.8. The van der Waals surface area contributed by atoms with Crippen LogP contribution in [0.1, 0.15) is 39.9 Å². The molecule has 1 amide bonds. The zero-order valence-corrected chi connectivity index (χ0v) is 20.1. The average Bonchev–Trinajstić information content (AvgIpc) is 3.16. The van der Waals surface area contributed by atoms with Crippen LogP contribution in [0, 0.1) is 0 Å². The highest BCUT2D eigenvalue weighted by molar-refractivity contribution is 7.98. The van der Waals surface area contributed by atoms with Gasteiger partial charge < -0.3 is 10.1 Å². The Balaban J connectivity index is 1.35. The molecule has 0 bridgehead atoms. The van der Waals surface area contributed by atoms with Gasteiger partial charge in [-0.1, -0.05) is 60.7 Å². The van der Waals surface area contributed by atoms with Crippen molar-refractivity contribution in [2.75, 3.05) is 18.6 Å². The van der Waals surface area contributed by atoms with Crippen LogP contribution < -0.4 is 5.32 Å². The van der Waals surface area contributed by atoms with E-state index < -0.39 is 6.04 Å². The van der Waals surface area contributed by atoms with E-state index in [0.29, 0.717) is 11.3 Å². The summed E-state index contributed by atoms with van der Waals surface area (Å²) < 4.78 is 5.67. The Kier molecular flexibility index (Phi) is 7.48. The predicted molar refractivity (Wildman–Crippen MR) is 135 cm³/mol. The van der Waals surface area contributed by atoms with Gasteiger partial charge in [-0.2, -0.15) is 11.8 Å². The van der Waals surface area contributed by atoms with Crippen LogP contribution in [0.2, 0.25) is 0 Å². The minimum atomic E-state index is -0.511. The monoisotopic (exact) mass is 473 g/mol. The van der Waals surface area contributed by atoms with Gasteiger partial charge in [-0.3, -0.25) is 14.4 Å². The van der Waals surface area contributed by atoms with E-state index >= 15 is 0 Å². The van der Waals surface area contributed by atoms with E-state index in [-0.39, 0.29) is 36.6 Å². The van der Waals surface area contributed by atoms with Gasteiger partial charge in [0.2, 0.25) is 0 Å². The summed E-state index contributed by atoms with van der Waals surface area (Å²) >= 11 is 1.50. The number of benzene rings is 3. The lowest BCUT2D eigenvalue weighted by Crippen LogP contribution is -2.41. The van der Waals surface area contributed by atoms with Crippen molar-refractivity contribution in [3.05, 3.63) is 95.1 Å². The molecule has 0 saturated heterocycles. The van der Waals surface area contributed by atoms with Crippen LogP contribution in [0.25, 0.3) is 11.1 Å². The fourth-order valence-electron chi connectivity index (χ4n) is 4.28. The maximum absolute atomic E-state index is 12.6. The second-order valence-electron chi connectivity index (χ2n) is 8.38. The number of rotatable bonds is 9. The van der Waals surface area contributed by atoms with Crippen LogP contribution in [0.4, 0.5) is 0 Å². The molecule has 0 spiro atoms. The summed E-state index contributed by atoms with van der Waals surface area (Å²) in [4.78, 5) is 36.7. The van der Waals surface area contributed by atoms with Gasteiger partial charge in [-0.05, 0) is 53.1 Å². The van der Waals surface area contributed by atoms with Gasteiger partial charge in [0.25, 0.3) is 5.91 Å². The molecule has 1 atom stereocenters. The minimum Gasteiger partial charge on any atom is -0.464 e. The summed E-state index contributed by atoms with van der Waals surface area (Å²) in [5.74, 6) is -0.133. The summed E-state index contributed by atoms with van der Waals surface area (Å²) in [5, 5.41) is 2.76. The molecule has 3 aromatic rings. The van der Waals surface area contributed by atoms with Crippen LogP contribution in [-0.4, -0.2) is 42.3 Å². The third kappa shape index (κ3) is 5.23. The predicted octanol–water partition coefficient (Wildman–Crippen LogP) is 4.64. The van der Waals surface area contributed by atoms with Crippen LogP contribution in [0.15, 0.2) is 72.8 Å². The number of hydrogen-bond acceptors (Lipinski definition) is 5. The molecule has 5 nitrogen and oxygen atoms in total. The molecule has 0 saturated carbocycles. The number of esters is 1. The van der Waals surface area contributed by atoms with Crippen molar-refractivity contribution in [3.63, 3.8) is 0 Å². The average molecular weight is 474 g/mol. The van der Waals surface area contributed by atoms with Gasteiger partial charge in [-0.15, -0.1) is 0 Å². The first-order valence-electron chi connectivity index (χ1n) is 11.2. The van der Waals surface area contributed by atoms with Crippen LogP contribution in [-0.2, 0) is 20.7 Å². The SMILES string of the molecule is CSCC(NC(=O)c1ccc(CC(=O)OCC2c3ccccc3-c3ccccc32)cc1)C(C)=O. The first-order valence-corrected chi connectivity index (χ1v) is 12.6. The Bertz CT molecular complexity index is 1160. The second kappa shape index (κ2) is 10.7. The first-order chi connectivity index (χ1) is 16.5. The van der Waals surface area contributed by atoms with Crippen molar-refractivity contribution >= 4 is 29.4 Å². The van der Waals surface area contributed by atoms with Crippen LogP contribution in [0.3, 0.4) is 0 Å². The van der Waals surface area contributed by atoms with Crippen LogP contribution in [0.5, 0.6) is 0 Å². The second-order valence-corrected chi connectivity index (χ2v) is 9.29. The van der Waals surface area contributed by atoms with E-state index in [4.69, 9.17) is 4.74 Å². The van der Waals surface area contributed by atoms with Gasteiger partial charge >= 0.3 is 5.97 Å². The van der Waals surface area contributed by atoms with Crippen LogP contribution >= 0.6 is 11.8 Å². The summed E-state index contributed by atoms with van der Waals surface area (Å²) in [6.45, 7) is 1.76. The Labute approximate surface area is 203 Å². The Morgan fingerprint density at radius 1 is 0.912 bits per heavy atom. The molecular weight excluding hydrogens is 446 g/mol. The molecule has 0 aromatic heterocycles. The smallest absolute Gasteiger partial charge is 0.310 e. The molecule has 1 aliphatic rings. The zero-order chi connectivity index (χ0) is 24.1. The topological polar surface area (TPSA) is 72.5 Å². The van der Waals surface area contributed by atoms with Crippen molar-refractivity contribution in [1.82, 2.24) is 5.32 Å². The highest BCUT2D eigenvalue weighted by Gasteiger charge is 2.29. The fraction of sp³-hybridized carbons (Fsp3) is 0.250. The molecule has 174 valence electrons. The molecular formula is C28H27NO4S. The normalized spacial score (nSPS) is 13.0. The number of nitrogens with one attached hydrogen (secondary N) is 1. The molecule has 4 rings (SSSR count). The maximum Gasteiger partial charge on any atom is 0.310 e. The number of Topliss-reactive ketones (excluding diaryl/α,β-unsaturated/α-hetero) is 1. The summed E-state index contributed by atoms with van der Waals surface area (Å²) in [7, 11) is 0. The zero-order valence-electron chi connectivity index (χ0n) is 19.2. The minimum absolute atomic E-state index is 0.0259. The molecule has 3 aromatic carbocycles. The van der Waals surface area contributed by atoms with E-state index in [1.54, 1.807) is 24.3 Å². The molecule has 1 aliphatic carbocycles. The molecule has 0 aliphatic heterocycles. The van der Waals surface area contributed by atoms with Crippen molar-refractivity contribution < 1.29 is 19.1 Å². The number of carbonyl (C=O) groups is 3. The number of amides is 1. The lowest BCUT2D eigenvalue weighted by Gasteiger charge is -2.15. The lowest BCUT2D eigenvalue weighted by atomic mass is 9.98. The van der Waals surface area contributed by atoms with E-state index in [2.05, 4.69) is 29.6 Å². The largest absolute Gasteiger partial charge is 0.464 e. The maximum atomic E-state index is 12.6. The quantitative estimate of drug-likeness (QED) is 0.459. The highest BCUT2D eigenvalue weighted by Crippen LogP contribution is 2.44. The van der Waals surface area contributed by atoms with Crippen molar-refractivity contribution in [1.29, 1.82) is 0 Å². The lowest BCUT2D eigenvalue weighted by molar-refractivity contribution is -0.143. The van der Waals surface area contributed by atoms with Gasteiger partial charge in [0, 0.05) is 17.2 Å². The summed E-state index contributed by atoms with van der Waals surface area (Å²) in [5.41, 5.74) is 5.95.